The van der Waals surface area contributed by atoms with Crippen molar-refractivity contribution in [3.05, 3.63) is 0 Å². The van der Waals surface area contributed by atoms with Crippen molar-refractivity contribution in [2.45, 2.75) is 26.8 Å². The summed E-state index contributed by atoms with van der Waals surface area (Å²) in [6, 6.07) is 0.355. The largest absolute Gasteiger partial charge is 0.327 e. The Morgan fingerprint density at radius 1 is 1.22 bits per heavy atom. The molecule has 0 saturated carbocycles. The molecule has 0 heterocycles. The second kappa shape index (κ2) is 5.12. The molecule has 56 valence electrons. The van der Waals surface area contributed by atoms with E-state index in [-0.39, 0.29) is 0 Å². The molecular formula is C7H17NS. The van der Waals surface area contributed by atoms with Gasteiger partial charge in [0.2, 0.25) is 0 Å². The zero-order chi connectivity index (χ0) is 7.28. The number of rotatable bonds is 4. The fourth-order valence-corrected chi connectivity index (χ4v) is 1.47. The quantitative estimate of drug-likeness (QED) is 0.655. The molecule has 0 aromatic rings. The van der Waals surface area contributed by atoms with Crippen LogP contribution in [0, 0.1) is 5.92 Å². The van der Waals surface area contributed by atoms with Crippen LogP contribution in [0.25, 0.3) is 0 Å². The van der Waals surface area contributed by atoms with E-state index in [1.54, 1.807) is 0 Å². The lowest BCUT2D eigenvalue weighted by Gasteiger charge is -2.05. The maximum atomic E-state index is 5.56. The molecule has 0 rings (SSSR count). The lowest BCUT2D eigenvalue weighted by molar-refractivity contribution is 0.747. The summed E-state index contributed by atoms with van der Waals surface area (Å²) in [7, 11) is 0. The van der Waals surface area contributed by atoms with Crippen molar-refractivity contribution >= 4 is 11.8 Å². The van der Waals surface area contributed by atoms with Crippen molar-refractivity contribution in [1.82, 2.24) is 0 Å². The number of nitrogens with two attached hydrogens (primary N) is 1. The SMILES string of the molecule is CC(C)CSC[C@@H](C)N. The van der Waals surface area contributed by atoms with Crippen LogP contribution in [0.4, 0.5) is 0 Å². The van der Waals surface area contributed by atoms with Gasteiger partial charge >= 0.3 is 0 Å². The van der Waals surface area contributed by atoms with Crippen molar-refractivity contribution in [1.29, 1.82) is 0 Å². The highest BCUT2D eigenvalue weighted by molar-refractivity contribution is 7.99. The van der Waals surface area contributed by atoms with E-state index in [0.717, 1.165) is 11.7 Å². The molecule has 0 spiro atoms. The minimum Gasteiger partial charge on any atom is -0.327 e. The Morgan fingerprint density at radius 3 is 2.11 bits per heavy atom. The molecule has 1 atom stereocenters. The first-order chi connectivity index (χ1) is 4.13. The van der Waals surface area contributed by atoms with Crippen LogP contribution >= 0.6 is 11.8 Å². The Balaban J connectivity index is 2.91. The standard InChI is InChI=1S/C7H17NS/c1-6(2)4-9-5-7(3)8/h6-7H,4-5,8H2,1-3H3/t7-/m1/s1. The smallest absolute Gasteiger partial charge is 0.0101 e. The van der Waals surface area contributed by atoms with Gasteiger partial charge in [-0.05, 0) is 18.6 Å². The molecule has 0 fully saturated rings. The summed E-state index contributed by atoms with van der Waals surface area (Å²) in [6.07, 6.45) is 0. The summed E-state index contributed by atoms with van der Waals surface area (Å²) in [5.74, 6) is 3.13. The van der Waals surface area contributed by atoms with Crippen molar-refractivity contribution in [3.63, 3.8) is 0 Å². The molecule has 0 unspecified atom stereocenters. The fourth-order valence-electron chi connectivity index (χ4n) is 0.490. The van der Waals surface area contributed by atoms with Gasteiger partial charge < -0.3 is 5.73 Å². The highest BCUT2D eigenvalue weighted by atomic mass is 32.2. The predicted octanol–water partition coefficient (Wildman–Crippen LogP) is 1.72. The van der Waals surface area contributed by atoms with E-state index in [1.165, 1.54) is 5.75 Å². The maximum Gasteiger partial charge on any atom is 0.0101 e. The zero-order valence-electron chi connectivity index (χ0n) is 6.55. The average molecular weight is 147 g/mol. The minimum atomic E-state index is 0.355. The van der Waals surface area contributed by atoms with Crippen LogP contribution in [-0.4, -0.2) is 17.5 Å². The van der Waals surface area contributed by atoms with Crippen LogP contribution < -0.4 is 5.73 Å². The molecule has 2 heteroatoms. The zero-order valence-corrected chi connectivity index (χ0v) is 7.37. The molecule has 2 N–H and O–H groups in total. The van der Waals surface area contributed by atoms with Crippen molar-refractivity contribution in [2.75, 3.05) is 11.5 Å². The summed E-state index contributed by atoms with van der Waals surface area (Å²) >= 11 is 1.94. The summed E-state index contributed by atoms with van der Waals surface area (Å²) in [6.45, 7) is 6.51. The monoisotopic (exact) mass is 147 g/mol. The minimum absolute atomic E-state index is 0.355. The summed E-state index contributed by atoms with van der Waals surface area (Å²) < 4.78 is 0. The van der Waals surface area contributed by atoms with Crippen molar-refractivity contribution < 1.29 is 0 Å². The molecule has 0 aliphatic heterocycles. The van der Waals surface area contributed by atoms with E-state index in [9.17, 15) is 0 Å². The van der Waals surface area contributed by atoms with E-state index in [4.69, 9.17) is 5.73 Å². The van der Waals surface area contributed by atoms with Crippen LogP contribution in [0.5, 0.6) is 0 Å². The Bertz CT molecular complexity index is 53.9. The number of thioether (sulfide) groups is 1. The molecule has 0 bridgehead atoms. The molecule has 0 saturated heterocycles. The lowest BCUT2D eigenvalue weighted by atomic mass is 10.3. The van der Waals surface area contributed by atoms with Crippen LogP contribution in [0.3, 0.4) is 0 Å². The molecule has 0 amide bonds. The lowest BCUT2D eigenvalue weighted by Crippen LogP contribution is -2.18. The molecule has 0 radical (unpaired) electrons. The van der Waals surface area contributed by atoms with Gasteiger partial charge in [-0.3, -0.25) is 0 Å². The van der Waals surface area contributed by atoms with E-state index in [2.05, 4.69) is 13.8 Å². The average Bonchev–Trinajstić information content (AvgIpc) is 1.63. The highest BCUT2D eigenvalue weighted by Gasteiger charge is 1.96. The van der Waals surface area contributed by atoms with Gasteiger partial charge in [0, 0.05) is 11.8 Å². The van der Waals surface area contributed by atoms with Crippen LogP contribution in [-0.2, 0) is 0 Å². The molecule has 0 aliphatic rings. The third-order valence-corrected chi connectivity index (χ3v) is 2.50. The Labute approximate surface area is 62.4 Å². The Kier molecular flexibility index (Phi) is 5.30. The van der Waals surface area contributed by atoms with Gasteiger partial charge in [0.25, 0.3) is 0 Å². The molecule has 0 aromatic heterocycles. The predicted molar refractivity (Wildman–Crippen MR) is 45.8 cm³/mol. The number of hydrogen-bond acceptors (Lipinski definition) is 2. The Morgan fingerprint density at radius 2 is 1.78 bits per heavy atom. The number of hydrogen-bond donors (Lipinski definition) is 1. The summed E-state index contributed by atoms with van der Waals surface area (Å²) in [5, 5.41) is 0. The van der Waals surface area contributed by atoms with E-state index in [0.29, 0.717) is 6.04 Å². The van der Waals surface area contributed by atoms with Gasteiger partial charge in [-0.1, -0.05) is 13.8 Å². The van der Waals surface area contributed by atoms with Gasteiger partial charge in [0.05, 0.1) is 0 Å². The highest BCUT2D eigenvalue weighted by Crippen LogP contribution is 2.07. The van der Waals surface area contributed by atoms with Crippen LogP contribution in [0.15, 0.2) is 0 Å². The van der Waals surface area contributed by atoms with E-state index < -0.39 is 0 Å². The topological polar surface area (TPSA) is 26.0 Å². The van der Waals surface area contributed by atoms with Gasteiger partial charge in [-0.25, -0.2) is 0 Å². The maximum absolute atomic E-state index is 5.56. The molecule has 1 nitrogen and oxygen atoms in total. The Hall–Kier alpha value is 0.310. The molecule has 0 aromatic carbocycles. The van der Waals surface area contributed by atoms with Crippen LogP contribution in [0.2, 0.25) is 0 Å². The van der Waals surface area contributed by atoms with Crippen molar-refractivity contribution in [2.24, 2.45) is 11.7 Å². The van der Waals surface area contributed by atoms with Gasteiger partial charge in [-0.15, -0.1) is 0 Å². The third-order valence-electron chi connectivity index (χ3n) is 0.832. The fraction of sp³-hybridized carbons (Fsp3) is 1.00. The molecule has 9 heavy (non-hydrogen) atoms. The second-order valence-electron chi connectivity index (χ2n) is 2.91. The summed E-state index contributed by atoms with van der Waals surface area (Å²) in [5.41, 5.74) is 5.56. The van der Waals surface area contributed by atoms with Crippen LogP contribution in [0.1, 0.15) is 20.8 Å². The van der Waals surface area contributed by atoms with Gasteiger partial charge in [0.15, 0.2) is 0 Å². The first-order valence-electron chi connectivity index (χ1n) is 3.46. The van der Waals surface area contributed by atoms with Gasteiger partial charge in [0.1, 0.15) is 0 Å². The third kappa shape index (κ3) is 8.31. The second-order valence-corrected chi connectivity index (χ2v) is 3.98. The molecule has 0 aliphatic carbocycles. The summed E-state index contributed by atoms with van der Waals surface area (Å²) in [4.78, 5) is 0. The van der Waals surface area contributed by atoms with Crippen molar-refractivity contribution in [3.8, 4) is 0 Å². The van der Waals surface area contributed by atoms with E-state index in [1.807, 2.05) is 18.7 Å². The molecular weight excluding hydrogens is 130 g/mol. The van der Waals surface area contributed by atoms with E-state index >= 15 is 0 Å². The normalized spacial score (nSPS) is 14.3. The first kappa shape index (κ1) is 9.31. The van der Waals surface area contributed by atoms with Gasteiger partial charge in [-0.2, -0.15) is 11.8 Å². The first-order valence-corrected chi connectivity index (χ1v) is 4.61.